The standard InChI is InChI=1S/2C12H18N2.C4H6O5/c2*1-9-7-10(2)13-8-11(9)12-5-4-6-14(12)3;5-2(4(8)9)1-3(6)7/h2*7-8,12H,4-6H2,1-3H3;2,5H,1H2,(H,6,7)(H,8,9)/t2*12-;/m00./s1. The van der Waals surface area contributed by atoms with Crippen molar-refractivity contribution in [2.45, 2.75) is 78.0 Å². The van der Waals surface area contributed by atoms with Crippen LogP contribution < -0.4 is 20.0 Å². The molecule has 0 amide bonds. The minimum atomic E-state index is -1.96. The number of aromatic nitrogens is 2. The predicted octanol–water partition coefficient (Wildman–Crippen LogP) is -1.67. The third-order valence-electron chi connectivity index (χ3n) is 7.28. The fourth-order valence-electron chi connectivity index (χ4n) is 5.24. The van der Waals surface area contributed by atoms with Crippen molar-refractivity contribution in [1.82, 2.24) is 9.97 Å². The van der Waals surface area contributed by atoms with Gasteiger partial charge in [0.25, 0.3) is 0 Å². The van der Waals surface area contributed by atoms with Gasteiger partial charge in [-0.25, -0.2) is 0 Å². The molecular weight excluding hydrogens is 472 g/mol. The normalized spacial score (nSPS) is 23.3. The van der Waals surface area contributed by atoms with E-state index in [1.54, 1.807) is 9.80 Å². The molecule has 9 heteroatoms. The minimum Gasteiger partial charge on any atom is -0.550 e. The summed E-state index contributed by atoms with van der Waals surface area (Å²) in [5.41, 5.74) is 7.97. The number of carbonyl (C=O) groups excluding carboxylic acids is 2. The molecule has 0 spiro atoms. The van der Waals surface area contributed by atoms with Gasteiger partial charge in [-0.1, -0.05) is 0 Å². The summed E-state index contributed by atoms with van der Waals surface area (Å²) in [6.07, 6.45) is 6.59. The Kier molecular flexibility index (Phi) is 11.6. The second-order valence-electron chi connectivity index (χ2n) is 10.4. The van der Waals surface area contributed by atoms with Crippen molar-refractivity contribution in [3.63, 3.8) is 0 Å². The van der Waals surface area contributed by atoms with Gasteiger partial charge in [0.2, 0.25) is 0 Å². The highest BCUT2D eigenvalue weighted by Crippen LogP contribution is 2.22. The highest BCUT2D eigenvalue weighted by molar-refractivity contribution is 5.77. The average Bonchev–Trinajstić information content (AvgIpc) is 3.42. The van der Waals surface area contributed by atoms with Crippen molar-refractivity contribution in [1.29, 1.82) is 0 Å². The van der Waals surface area contributed by atoms with Gasteiger partial charge in [-0.15, -0.1) is 0 Å². The third kappa shape index (κ3) is 9.18. The largest absolute Gasteiger partial charge is 0.550 e. The molecule has 0 aromatic carbocycles. The average molecular weight is 515 g/mol. The lowest BCUT2D eigenvalue weighted by molar-refractivity contribution is -0.898. The number of rotatable bonds is 5. The van der Waals surface area contributed by atoms with E-state index < -0.39 is 24.5 Å². The summed E-state index contributed by atoms with van der Waals surface area (Å²) >= 11 is 0. The molecular formula is C28H42N4O5. The molecule has 2 aromatic rings. The summed E-state index contributed by atoms with van der Waals surface area (Å²) in [5.74, 6) is -3.43. The van der Waals surface area contributed by atoms with Crippen LogP contribution in [0, 0.1) is 27.7 Å². The molecule has 4 rings (SSSR count). The van der Waals surface area contributed by atoms with Crippen molar-refractivity contribution in [2.24, 2.45) is 0 Å². The highest BCUT2D eigenvalue weighted by atomic mass is 16.4. The molecule has 0 bridgehead atoms. The monoisotopic (exact) mass is 514 g/mol. The lowest BCUT2D eigenvalue weighted by atomic mass is 10.0. The van der Waals surface area contributed by atoms with Crippen molar-refractivity contribution in [2.75, 3.05) is 27.2 Å². The molecule has 0 aliphatic carbocycles. The summed E-state index contributed by atoms with van der Waals surface area (Å²) in [4.78, 5) is 31.2. The Bertz CT molecular complexity index is 993. The number of nitrogens with one attached hydrogen (secondary N) is 2. The first-order valence-electron chi connectivity index (χ1n) is 13.0. The Morgan fingerprint density at radius 1 is 0.892 bits per heavy atom. The quantitative estimate of drug-likeness (QED) is 0.434. The van der Waals surface area contributed by atoms with Crippen LogP contribution in [0.15, 0.2) is 24.5 Å². The zero-order chi connectivity index (χ0) is 27.7. The molecule has 0 saturated carbocycles. The molecule has 2 aliphatic heterocycles. The molecule has 0 radical (unpaired) electrons. The number of aryl methyl sites for hydroxylation is 4. The molecule has 5 atom stereocenters. The highest BCUT2D eigenvalue weighted by Gasteiger charge is 2.28. The number of quaternary nitrogens is 2. The molecule has 37 heavy (non-hydrogen) atoms. The van der Waals surface area contributed by atoms with E-state index in [1.165, 1.54) is 61.0 Å². The summed E-state index contributed by atoms with van der Waals surface area (Å²) in [6.45, 7) is 11.1. The van der Waals surface area contributed by atoms with Gasteiger partial charge in [-0.3, -0.25) is 9.97 Å². The van der Waals surface area contributed by atoms with Crippen LogP contribution in [0.2, 0.25) is 0 Å². The minimum absolute atomic E-state index is 0.683. The zero-order valence-corrected chi connectivity index (χ0v) is 23.0. The first kappa shape index (κ1) is 30.3. The molecule has 2 fully saturated rings. The number of carboxylic acid groups (broad SMARTS) is 2. The molecule has 3 N–H and O–H groups in total. The summed E-state index contributed by atoms with van der Waals surface area (Å²) in [5, 5.41) is 27.3. The van der Waals surface area contributed by atoms with E-state index in [-0.39, 0.29) is 0 Å². The maximum absolute atomic E-state index is 9.58. The van der Waals surface area contributed by atoms with Crippen LogP contribution in [-0.4, -0.2) is 60.3 Å². The number of likely N-dealkylation sites (tertiary alicyclic amines) is 2. The topological polar surface area (TPSA) is 135 Å². The second-order valence-corrected chi connectivity index (χ2v) is 10.4. The molecule has 204 valence electrons. The second kappa shape index (κ2) is 14.2. The number of nitrogens with zero attached hydrogens (tertiary/aromatic N) is 2. The number of aliphatic hydroxyl groups excluding tert-OH is 1. The number of carbonyl (C=O) groups is 2. The SMILES string of the molecule is Cc1cc(C)c([C@@H]2CCC[NH+]2C)cn1.Cc1cc(C)c([C@@H]2CCC[NH+]2C)cn1.O=C([O-])CC(O)C(=O)[O-]. The van der Waals surface area contributed by atoms with Crippen LogP contribution in [-0.2, 0) is 9.59 Å². The van der Waals surface area contributed by atoms with Crippen molar-refractivity contribution in [3.05, 3.63) is 58.2 Å². The third-order valence-corrected chi connectivity index (χ3v) is 7.28. The number of aliphatic carboxylic acids is 2. The summed E-state index contributed by atoms with van der Waals surface area (Å²) in [7, 11) is 4.58. The number of hydrogen-bond acceptors (Lipinski definition) is 7. The number of hydrogen-bond donors (Lipinski definition) is 3. The Labute approximate surface area is 220 Å². The van der Waals surface area contributed by atoms with Crippen LogP contribution in [0.4, 0.5) is 0 Å². The van der Waals surface area contributed by atoms with Crippen LogP contribution in [0.25, 0.3) is 0 Å². The fraction of sp³-hybridized carbons (Fsp3) is 0.571. The first-order valence-corrected chi connectivity index (χ1v) is 13.0. The Morgan fingerprint density at radius 3 is 1.54 bits per heavy atom. The molecule has 3 unspecified atom stereocenters. The molecule has 9 nitrogen and oxygen atoms in total. The smallest absolute Gasteiger partial charge is 0.115 e. The fourth-order valence-corrected chi connectivity index (χ4v) is 5.24. The lowest BCUT2D eigenvalue weighted by Gasteiger charge is -2.18. The summed E-state index contributed by atoms with van der Waals surface area (Å²) < 4.78 is 0. The van der Waals surface area contributed by atoms with E-state index in [0.29, 0.717) is 12.1 Å². The van der Waals surface area contributed by atoms with E-state index in [1.807, 2.05) is 0 Å². The van der Waals surface area contributed by atoms with Gasteiger partial charge in [-0.2, -0.15) is 0 Å². The van der Waals surface area contributed by atoms with Gasteiger partial charge in [0, 0.05) is 73.0 Å². The lowest BCUT2D eigenvalue weighted by Crippen LogP contribution is -3.07. The van der Waals surface area contributed by atoms with Gasteiger partial charge in [0.15, 0.2) is 0 Å². The van der Waals surface area contributed by atoms with Crippen LogP contribution >= 0.6 is 0 Å². The van der Waals surface area contributed by atoms with Crippen LogP contribution in [0.3, 0.4) is 0 Å². The number of aliphatic hydroxyl groups is 1. The van der Waals surface area contributed by atoms with Gasteiger partial charge in [0.1, 0.15) is 12.1 Å². The van der Waals surface area contributed by atoms with E-state index in [9.17, 15) is 19.8 Å². The van der Waals surface area contributed by atoms with Crippen molar-refractivity contribution < 1.29 is 34.7 Å². The first-order chi connectivity index (χ1) is 17.4. The summed E-state index contributed by atoms with van der Waals surface area (Å²) in [6, 6.07) is 5.76. The van der Waals surface area contributed by atoms with E-state index >= 15 is 0 Å². The molecule has 2 aliphatic rings. The van der Waals surface area contributed by atoms with Gasteiger partial charge in [0.05, 0.1) is 39.3 Å². The number of carboxylic acids is 2. The maximum atomic E-state index is 9.58. The van der Waals surface area contributed by atoms with Gasteiger partial charge >= 0.3 is 0 Å². The predicted molar refractivity (Wildman–Crippen MR) is 136 cm³/mol. The maximum Gasteiger partial charge on any atom is 0.115 e. The Morgan fingerprint density at radius 2 is 1.30 bits per heavy atom. The van der Waals surface area contributed by atoms with Gasteiger partial charge in [-0.05, 0) is 51.0 Å². The van der Waals surface area contributed by atoms with E-state index in [0.717, 1.165) is 11.4 Å². The molecule has 2 aromatic heterocycles. The van der Waals surface area contributed by atoms with Crippen molar-refractivity contribution >= 4 is 11.9 Å². The zero-order valence-electron chi connectivity index (χ0n) is 23.0. The van der Waals surface area contributed by atoms with E-state index in [2.05, 4.69) is 76.3 Å². The number of pyridine rings is 2. The molecule has 4 heterocycles. The Balaban J connectivity index is 0.000000201. The Hall–Kier alpha value is -2.88. The van der Waals surface area contributed by atoms with Crippen molar-refractivity contribution in [3.8, 4) is 0 Å². The van der Waals surface area contributed by atoms with E-state index in [4.69, 9.17) is 5.11 Å². The van der Waals surface area contributed by atoms with Gasteiger partial charge < -0.3 is 34.7 Å². The van der Waals surface area contributed by atoms with Crippen LogP contribution in [0.1, 0.15) is 77.8 Å². The van der Waals surface area contributed by atoms with Crippen LogP contribution in [0.5, 0.6) is 0 Å². The molecule has 2 saturated heterocycles.